The Morgan fingerprint density at radius 2 is 1.67 bits per heavy atom. The molecule has 4 fully saturated rings. The van der Waals surface area contributed by atoms with Crippen molar-refractivity contribution in [1.82, 2.24) is 0 Å². The van der Waals surface area contributed by atoms with Gasteiger partial charge in [-0.3, -0.25) is 4.79 Å². The quantitative estimate of drug-likeness (QED) is 0.417. The Balaban J connectivity index is 1.50. The van der Waals surface area contributed by atoms with E-state index in [-0.39, 0.29) is 0 Å². The lowest BCUT2D eigenvalue weighted by Gasteiger charge is -2.60. The lowest BCUT2D eigenvalue weighted by atomic mass is 9.44. The van der Waals surface area contributed by atoms with Crippen molar-refractivity contribution >= 4 is 5.78 Å². The first-order valence-corrected chi connectivity index (χ1v) is 13.4. The predicted octanol–water partition coefficient (Wildman–Crippen LogP) is 8.09. The summed E-state index contributed by atoms with van der Waals surface area (Å²) in [5.74, 6) is 7.04. The zero-order valence-electron chi connectivity index (χ0n) is 20.8. The first-order chi connectivity index (χ1) is 14.2. The van der Waals surface area contributed by atoms with E-state index in [0.717, 1.165) is 48.3 Å². The van der Waals surface area contributed by atoms with Crippen LogP contribution in [0.2, 0.25) is 0 Å². The summed E-state index contributed by atoms with van der Waals surface area (Å²) >= 11 is 0. The largest absolute Gasteiger partial charge is 0.300 e. The van der Waals surface area contributed by atoms with Crippen molar-refractivity contribution in [2.45, 2.75) is 106 Å². The Hall–Kier alpha value is -0.590. The van der Waals surface area contributed by atoms with E-state index in [0.29, 0.717) is 28.4 Å². The highest BCUT2D eigenvalue weighted by molar-refractivity contribution is 5.79. The summed E-state index contributed by atoms with van der Waals surface area (Å²) in [7, 11) is 0. The highest BCUT2D eigenvalue weighted by Gasteiger charge is 2.60. The number of hydrogen-bond donors (Lipinski definition) is 0. The van der Waals surface area contributed by atoms with E-state index in [2.05, 4.69) is 53.7 Å². The maximum absolute atomic E-state index is 12.1. The molecule has 0 radical (unpaired) electrons. The van der Waals surface area contributed by atoms with E-state index in [4.69, 9.17) is 0 Å². The van der Waals surface area contributed by atoms with Gasteiger partial charge >= 0.3 is 0 Å². The van der Waals surface area contributed by atoms with Crippen LogP contribution in [0, 0.1) is 58.2 Å². The summed E-state index contributed by atoms with van der Waals surface area (Å²) < 4.78 is 0. The van der Waals surface area contributed by atoms with Crippen LogP contribution in [-0.4, -0.2) is 5.78 Å². The molecule has 1 nitrogen and oxygen atoms in total. The van der Waals surface area contributed by atoms with Crippen molar-refractivity contribution in [3.63, 3.8) is 0 Å². The molecular weight excluding hydrogens is 364 g/mol. The highest BCUT2D eigenvalue weighted by atomic mass is 16.1. The second-order valence-corrected chi connectivity index (χ2v) is 12.7. The van der Waals surface area contributed by atoms with E-state index >= 15 is 0 Å². The molecule has 30 heavy (non-hydrogen) atoms. The van der Waals surface area contributed by atoms with Gasteiger partial charge in [0.2, 0.25) is 0 Å². The van der Waals surface area contributed by atoms with Crippen molar-refractivity contribution in [3.05, 3.63) is 12.2 Å². The summed E-state index contributed by atoms with van der Waals surface area (Å²) in [5, 5.41) is 0. The van der Waals surface area contributed by atoms with Gasteiger partial charge in [-0.1, -0.05) is 53.7 Å². The Morgan fingerprint density at radius 1 is 0.933 bits per heavy atom. The molecule has 0 heterocycles. The summed E-state index contributed by atoms with van der Waals surface area (Å²) in [5.41, 5.74) is 0.992. The van der Waals surface area contributed by atoms with Crippen LogP contribution in [0.3, 0.4) is 0 Å². The van der Waals surface area contributed by atoms with Gasteiger partial charge in [0.05, 0.1) is 0 Å². The second kappa shape index (κ2) is 8.40. The van der Waals surface area contributed by atoms with Gasteiger partial charge in [0.15, 0.2) is 0 Å². The number of ketones is 1. The molecule has 4 saturated carbocycles. The Labute approximate surface area is 186 Å². The number of carbonyl (C=O) groups is 1. The molecule has 4 aliphatic carbocycles. The molecule has 0 aromatic carbocycles. The molecule has 170 valence electrons. The third-order valence-electron chi connectivity index (χ3n) is 11.2. The van der Waals surface area contributed by atoms with Crippen LogP contribution in [0.4, 0.5) is 0 Å². The van der Waals surface area contributed by atoms with Gasteiger partial charge in [0.1, 0.15) is 5.78 Å². The molecule has 4 rings (SSSR count). The molecule has 0 unspecified atom stereocenters. The molecule has 0 spiro atoms. The van der Waals surface area contributed by atoms with E-state index in [9.17, 15) is 4.79 Å². The van der Waals surface area contributed by atoms with Crippen molar-refractivity contribution < 1.29 is 4.79 Å². The smallest absolute Gasteiger partial charge is 0.133 e. The number of carbonyl (C=O) groups excluding carboxylic acids is 1. The van der Waals surface area contributed by atoms with Crippen LogP contribution >= 0.6 is 0 Å². The lowest BCUT2D eigenvalue weighted by molar-refractivity contribution is -0.140. The molecule has 0 aromatic heterocycles. The van der Waals surface area contributed by atoms with Gasteiger partial charge in [-0.15, -0.1) is 0 Å². The van der Waals surface area contributed by atoms with E-state index in [1.165, 1.54) is 51.4 Å². The fourth-order valence-electron chi connectivity index (χ4n) is 9.23. The fourth-order valence-corrected chi connectivity index (χ4v) is 9.23. The average molecular weight is 413 g/mol. The Bertz CT molecular complexity index is 661. The van der Waals surface area contributed by atoms with Gasteiger partial charge in [-0.05, 0) is 110 Å². The van der Waals surface area contributed by atoms with Crippen LogP contribution in [0.1, 0.15) is 106 Å². The van der Waals surface area contributed by atoms with E-state index < -0.39 is 0 Å². The van der Waals surface area contributed by atoms with Crippen molar-refractivity contribution in [2.24, 2.45) is 58.2 Å². The molecular formula is C29H48O. The molecule has 0 amide bonds. The molecule has 1 heteroatoms. The minimum absolute atomic E-state index is 0.452. The standard InChI is InChI=1S/C29H48O/c1-7-21(19(2)3)9-8-20(4)25-12-13-26-24-11-10-22-18-23(30)14-16-28(22,5)27(24)15-17-29(25,26)6/h8-9,19-22,24-27H,7,10-18H2,1-6H3/b9-8+/t20-,21+,22-,24-,25+,26-,27-,28-,29+/m0/s1. The fraction of sp³-hybridized carbons (Fsp3) is 0.897. The van der Waals surface area contributed by atoms with Crippen LogP contribution in [0.5, 0.6) is 0 Å². The van der Waals surface area contributed by atoms with E-state index in [1.807, 2.05) is 0 Å². The molecule has 0 bridgehead atoms. The third-order valence-corrected chi connectivity index (χ3v) is 11.2. The van der Waals surface area contributed by atoms with E-state index in [1.54, 1.807) is 0 Å². The molecule has 0 aliphatic heterocycles. The monoisotopic (exact) mass is 412 g/mol. The zero-order valence-corrected chi connectivity index (χ0v) is 20.8. The van der Waals surface area contributed by atoms with Crippen LogP contribution in [0.25, 0.3) is 0 Å². The number of allylic oxidation sites excluding steroid dienone is 2. The number of Topliss-reactive ketones (excluding diaryl/α,β-unsaturated/α-hetero) is 1. The lowest BCUT2D eigenvalue weighted by Crippen LogP contribution is -2.53. The minimum atomic E-state index is 0.452. The zero-order chi connectivity index (χ0) is 21.7. The van der Waals surface area contributed by atoms with Gasteiger partial charge < -0.3 is 0 Å². The molecule has 9 atom stereocenters. The van der Waals surface area contributed by atoms with Crippen molar-refractivity contribution in [2.75, 3.05) is 0 Å². The summed E-state index contributed by atoms with van der Waals surface area (Å²) in [6.45, 7) is 14.8. The van der Waals surface area contributed by atoms with Gasteiger partial charge in [0, 0.05) is 12.8 Å². The molecule has 4 aliphatic rings. The van der Waals surface area contributed by atoms with Crippen molar-refractivity contribution in [1.29, 1.82) is 0 Å². The Kier molecular flexibility index (Phi) is 6.33. The van der Waals surface area contributed by atoms with Crippen molar-refractivity contribution in [3.8, 4) is 0 Å². The second-order valence-electron chi connectivity index (χ2n) is 12.7. The van der Waals surface area contributed by atoms with Gasteiger partial charge in [-0.2, -0.15) is 0 Å². The maximum Gasteiger partial charge on any atom is 0.133 e. The summed E-state index contributed by atoms with van der Waals surface area (Å²) in [6, 6.07) is 0. The first-order valence-electron chi connectivity index (χ1n) is 13.4. The maximum atomic E-state index is 12.1. The van der Waals surface area contributed by atoms with Gasteiger partial charge in [0.25, 0.3) is 0 Å². The molecule has 0 aromatic rings. The third kappa shape index (κ3) is 3.65. The number of hydrogen-bond acceptors (Lipinski definition) is 1. The first kappa shape index (κ1) is 22.6. The molecule has 0 saturated heterocycles. The van der Waals surface area contributed by atoms with Crippen LogP contribution in [0.15, 0.2) is 12.2 Å². The summed E-state index contributed by atoms with van der Waals surface area (Å²) in [6.07, 6.45) is 17.8. The predicted molar refractivity (Wildman–Crippen MR) is 127 cm³/mol. The Morgan fingerprint density at radius 3 is 2.37 bits per heavy atom. The van der Waals surface area contributed by atoms with Crippen LogP contribution in [-0.2, 0) is 4.79 Å². The van der Waals surface area contributed by atoms with Crippen LogP contribution < -0.4 is 0 Å². The number of fused-ring (bicyclic) bond motifs is 5. The SMILES string of the molecule is CC[C@H](/C=C/[C@H](C)[C@H]1CC[C@H]2[C@@H]3CC[C@H]4CC(=O)CC[C@]4(C)[C@H]3CC[C@]12C)C(C)C. The normalized spacial score (nSPS) is 45.8. The highest BCUT2D eigenvalue weighted by Crippen LogP contribution is 2.68. The average Bonchev–Trinajstić information content (AvgIpc) is 3.06. The number of rotatable bonds is 5. The topological polar surface area (TPSA) is 17.1 Å². The van der Waals surface area contributed by atoms with Gasteiger partial charge in [-0.25, -0.2) is 0 Å². The summed E-state index contributed by atoms with van der Waals surface area (Å²) in [4.78, 5) is 12.1. The molecule has 0 N–H and O–H groups in total. The minimum Gasteiger partial charge on any atom is -0.300 e.